The molecule has 2 aromatic rings. The molecule has 6 atom stereocenters. The van der Waals surface area contributed by atoms with Crippen molar-refractivity contribution in [1.82, 2.24) is 4.90 Å². The van der Waals surface area contributed by atoms with Crippen molar-refractivity contribution in [3.63, 3.8) is 0 Å². The molecule has 2 aromatic carbocycles. The van der Waals surface area contributed by atoms with Crippen LogP contribution in [-0.4, -0.2) is 54.4 Å². The van der Waals surface area contributed by atoms with Crippen molar-refractivity contribution in [2.45, 2.75) is 83.5 Å². The van der Waals surface area contributed by atoms with Gasteiger partial charge in [0.25, 0.3) is 0 Å². The molecule has 1 N–H and O–H groups in total. The Bertz CT molecular complexity index is 1250. The summed E-state index contributed by atoms with van der Waals surface area (Å²) >= 11 is 0. The van der Waals surface area contributed by atoms with Crippen molar-refractivity contribution in [2.24, 2.45) is 17.3 Å². The molecule has 2 aliphatic rings. The summed E-state index contributed by atoms with van der Waals surface area (Å²) in [7, 11) is 2.91. The lowest BCUT2D eigenvalue weighted by atomic mass is 9.73. The Kier molecular flexibility index (Phi) is 9.57. The average Bonchev–Trinajstić information content (AvgIpc) is 3.31. The zero-order chi connectivity index (χ0) is 30.8. The molecule has 1 amide bonds. The molecule has 2 fully saturated rings. The summed E-state index contributed by atoms with van der Waals surface area (Å²) in [6.45, 7) is 5.62. The van der Waals surface area contributed by atoms with Crippen LogP contribution in [0.4, 0.5) is 13.2 Å². The highest BCUT2D eigenvalue weighted by atomic mass is 19.4. The fourth-order valence-corrected chi connectivity index (χ4v) is 6.61. The second kappa shape index (κ2) is 12.6. The highest BCUT2D eigenvalue weighted by Gasteiger charge is 2.59. The van der Waals surface area contributed by atoms with Crippen LogP contribution >= 0.6 is 0 Å². The Morgan fingerprint density at radius 2 is 1.71 bits per heavy atom. The molecule has 1 saturated heterocycles. The third-order valence-electron chi connectivity index (χ3n) is 8.61. The molecule has 0 radical (unpaired) electrons. The number of nitrogens with zero attached hydrogens (tertiary/aromatic N) is 1. The summed E-state index contributed by atoms with van der Waals surface area (Å²) in [4.78, 5) is 28.8. The van der Waals surface area contributed by atoms with E-state index in [2.05, 4.69) is 0 Å². The monoisotopic (exact) mass is 591 g/mol. The highest BCUT2D eigenvalue weighted by molar-refractivity contribution is 5.87. The first-order valence-corrected chi connectivity index (χ1v) is 14.3. The van der Waals surface area contributed by atoms with Crippen molar-refractivity contribution in [3.05, 3.63) is 65.2 Å². The Hall–Kier alpha value is -3.11. The second-order valence-corrected chi connectivity index (χ2v) is 12.3. The van der Waals surface area contributed by atoms with Gasteiger partial charge in [-0.15, -0.1) is 0 Å². The lowest BCUT2D eigenvalue weighted by Gasteiger charge is -2.36. The molecular weight excluding hydrogens is 551 g/mol. The van der Waals surface area contributed by atoms with Crippen LogP contribution in [0.1, 0.15) is 69.2 Å². The predicted octanol–water partition coefficient (Wildman–Crippen LogP) is 6.50. The van der Waals surface area contributed by atoms with Crippen LogP contribution in [0.25, 0.3) is 0 Å². The summed E-state index contributed by atoms with van der Waals surface area (Å²) in [5.74, 6) is -2.38. The maximum absolute atomic E-state index is 14.3. The van der Waals surface area contributed by atoms with E-state index in [0.29, 0.717) is 18.4 Å². The van der Waals surface area contributed by atoms with E-state index in [0.717, 1.165) is 30.5 Å². The van der Waals surface area contributed by atoms with Gasteiger partial charge in [0.2, 0.25) is 5.91 Å². The van der Waals surface area contributed by atoms with E-state index in [1.807, 2.05) is 51.1 Å². The Balaban J connectivity index is 1.78. The van der Waals surface area contributed by atoms with E-state index in [4.69, 9.17) is 14.2 Å². The zero-order valence-electron chi connectivity index (χ0n) is 24.7. The van der Waals surface area contributed by atoms with Gasteiger partial charge in [-0.25, -0.2) is 4.79 Å². The highest BCUT2D eigenvalue weighted by Crippen LogP contribution is 2.51. The van der Waals surface area contributed by atoms with E-state index in [1.54, 1.807) is 7.11 Å². The summed E-state index contributed by atoms with van der Waals surface area (Å²) in [6, 6.07) is 10.5. The minimum absolute atomic E-state index is 0.0157. The molecule has 4 rings (SSSR count). The first-order valence-electron chi connectivity index (χ1n) is 14.3. The number of carbonyl (C=O) groups is 2. The zero-order valence-corrected chi connectivity index (χ0v) is 24.7. The van der Waals surface area contributed by atoms with Gasteiger partial charge in [-0.05, 0) is 42.4 Å². The van der Waals surface area contributed by atoms with Gasteiger partial charge in [0.1, 0.15) is 11.8 Å². The van der Waals surface area contributed by atoms with Gasteiger partial charge in [-0.2, -0.15) is 13.2 Å². The van der Waals surface area contributed by atoms with Gasteiger partial charge < -0.3 is 24.2 Å². The Morgan fingerprint density at radius 1 is 1.02 bits per heavy atom. The molecule has 1 heterocycles. The summed E-state index contributed by atoms with van der Waals surface area (Å²) < 4.78 is 57.4. The average molecular weight is 592 g/mol. The van der Waals surface area contributed by atoms with Crippen molar-refractivity contribution in [3.8, 4) is 5.75 Å². The number of ether oxygens (including phenoxy) is 3. The second-order valence-electron chi connectivity index (χ2n) is 12.3. The van der Waals surface area contributed by atoms with Gasteiger partial charge in [0.05, 0.1) is 37.5 Å². The number of likely N-dealkylation sites (tertiary alicyclic amines) is 1. The number of benzene rings is 2. The molecule has 0 unspecified atom stereocenters. The Morgan fingerprint density at radius 3 is 2.29 bits per heavy atom. The van der Waals surface area contributed by atoms with E-state index in [9.17, 15) is 27.9 Å². The van der Waals surface area contributed by atoms with Crippen LogP contribution in [0.2, 0.25) is 0 Å². The molecular formula is C32H40F3NO6. The van der Waals surface area contributed by atoms with Gasteiger partial charge >= 0.3 is 12.1 Å². The van der Waals surface area contributed by atoms with Crippen molar-refractivity contribution < 1.29 is 42.1 Å². The maximum Gasteiger partial charge on any atom is 0.416 e. The normalized spacial score (nSPS) is 26.7. The fourth-order valence-electron chi connectivity index (χ4n) is 6.61. The SMILES string of the molecule is COc1cc(C(F)(F)F)ccc1CO[C@H]1[C@H](C(C)(C)C)[C@@H](C(=O)O)N(C(=O)[C@H]2CCC[C@H](OC)C2)[C@H]1c1ccccc1. The molecule has 1 saturated carbocycles. The molecule has 7 nitrogen and oxygen atoms in total. The third-order valence-corrected chi connectivity index (χ3v) is 8.61. The number of hydrogen-bond donors (Lipinski definition) is 1. The van der Waals surface area contributed by atoms with Gasteiger partial charge in [-0.1, -0.05) is 63.6 Å². The van der Waals surface area contributed by atoms with Gasteiger partial charge in [0.15, 0.2) is 0 Å². The molecule has 0 aromatic heterocycles. The van der Waals surface area contributed by atoms with E-state index < -0.39 is 53.1 Å². The molecule has 0 spiro atoms. The summed E-state index contributed by atoms with van der Waals surface area (Å²) in [5, 5.41) is 10.6. The largest absolute Gasteiger partial charge is 0.496 e. The number of carboxylic acids is 1. The number of methoxy groups -OCH3 is 2. The number of halogens is 3. The van der Waals surface area contributed by atoms with Crippen LogP contribution in [0.15, 0.2) is 48.5 Å². The standard InChI is InChI=1S/C32H40F3NO6/c1-31(2,3)25-27(30(38)39)36(29(37)20-12-9-13-23(16-20)40-4)26(19-10-7-6-8-11-19)28(25)42-18-21-14-15-22(32(33,34)35)17-24(21)41-5/h6-8,10-11,14-15,17,20,23,25-28H,9,12-13,16,18H2,1-5H3,(H,38,39)/t20-,23-,25+,26-,27-,28-/m0/s1. The Labute approximate surface area is 244 Å². The lowest BCUT2D eigenvalue weighted by Crippen LogP contribution is -2.49. The van der Waals surface area contributed by atoms with E-state index >= 15 is 0 Å². The summed E-state index contributed by atoms with van der Waals surface area (Å²) in [6.07, 6.45) is -2.60. The number of carboxylic acid groups (broad SMARTS) is 1. The van der Waals surface area contributed by atoms with Gasteiger partial charge in [-0.3, -0.25) is 4.79 Å². The molecule has 230 valence electrons. The minimum Gasteiger partial charge on any atom is -0.496 e. The van der Waals surface area contributed by atoms with E-state index in [-0.39, 0.29) is 24.4 Å². The first kappa shape index (κ1) is 31.8. The minimum atomic E-state index is -4.54. The van der Waals surface area contributed by atoms with Gasteiger partial charge in [0, 0.05) is 24.5 Å². The quantitative estimate of drug-likeness (QED) is 0.377. The number of amides is 1. The predicted molar refractivity (Wildman–Crippen MR) is 150 cm³/mol. The number of aliphatic carboxylic acids is 1. The topological polar surface area (TPSA) is 85.3 Å². The van der Waals surface area contributed by atoms with E-state index in [1.165, 1.54) is 18.1 Å². The number of rotatable bonds is 8. The van der Waals surface area contributed by atoms with Crippen LogP contribution in [0.3, 0.4) is 0 Å². The lowest BCUT2D eigenvalue weighted by molar-refractivity contribution is -0.155. The van der Waals surface area contributed by atoms with Crippen LogP contribution < -0.4 is 4.74 Å². The van der Waals surface area contributed by atoms with Crippen molar-refractivity contribution in [1.29, 1.82) is 0 Å². The molecule has 1 aliphatic heterocycles. The van der Waals surface area contributed by atoms with Crippen molar-refractivity contribution in [2.75, 3.05) is 14.2 Å². The number of alkyl halides is 3. The number of hydrogen-bond acceptors (Lipinski definition) is 5. The summed E-state index contributed by atoms with van der Waals surface area (Å²) in [5.41, 5.74) is -0.339. The first-order chi connectivity index (χ1) is 19.8. The maximum atomic E-state index is 14.3. The van der Waals surface area contributed by atoms with Crippen LogP contribution in [0.5, 0.6) is 5.75 Å². The smallest absolute Gasteiger partial charge is 0.416 e. The van der Waals surface area contributed by atoms with Crippen molar-refractivity contribution >= 4 is 11.9 Å². The molecule has 10 heteroatoms. The number of carbonyl (C=O) groups excluding carboxylic acids is 1. The van der Waals surface area contributed by atoms with Crippen LogP contribution in [0, 0.1) is 17.3 Å². The fraction of sp³-hybridized carbons (Fsp3) is 0.562. The molecule has 0 bridgehead atoms. The van der Waals surface area contributed by atoms with Crippen LogP contribution in [-0.2, 0) is 31.8 Å². The third kappa shape index (κ3) is 6.59. The molecule has 1 aliphatic carbocycles. The molecule has 42 heavy (non-hydrogen) atoms.